The number of aromatic carboxylic acids is 1. The summed E-state index contributed by atoms with van der Waals surface area (Å²) < 4.78 is 5.36. The molecule has 88 valence electrons. The van der Waals surface area contributed by atoms with Crippen molar-refractivity contribution in [2.45, 2.75) is 26.2 Å². The van der Waals surface area contributed by atoms with E-state index in [-0.39, 0.29) is 5.56 Å². The van der Waals surface area contributed by atoms with Crippen LogP contribution in [0.3, 0.4) is 0 Å². The Hall–Kier alpha value is -1.42. The lowest BCUT2D eigenvalue weighted by Gasteiger charge is -2.09. The lowest BCUT2D eigenvalue weighted by molar-refractivity contribution is -0.255. The van der Waals surface area contributed by atoms with Crippen molar-refractivity contribution >= 4 is 5.97 Å². The number of ether oxygens (including phenoxy) is 1. The second kappa shape index (κ2) is 6.95. The van der Waals surface area contributed by atoms with Gasteiger partial charge in [0.25, 0.3) is 0 Å². The fourth-order valence-electron chi connectivity index (χ4n) is 1.34. The van der Waals surface area contributed by atoms with E-state index in [0.717, 1.165) is 12.8 Å². The summed E-state index contributed by atoms with van der Waals surface area (Å²) in [6.45, 7) is 3.30. The summed E-state index contributed by atoms with van der Waals surface area (Å²) in [6, 6.07) is 3.09. The van der Waals surface area contributed by atoms with E-state index in [0.29, 0.717) is 25.3 Å². The van der Waals surface area contributed by atoms with E-state index in [1.807, 2.05) is 0 Å². The van der Waals surface area contributed by atoms with Crippen LogP contribution < -0.4 is 5.11 Å². The minimum absolute atomic E-state index is 0.154. The highest BCUT2D eigenvalue weighted by Crippen LogP contribution is 2.05. The lowest BCUT2D eigenvalue weighted by atomic mass is 10.1. The summed E-state index contributed by atoms with van der Waals surface area (Å²) in [5.41, 5.74) is 0.681. The molecule has 0 unspecified atom stereocenters. The van der Waals surface area contributed by atoms with Crippen molar-refractivity contribution in [3.63, 3.8) is 0 Å². The zero-order valence-corrected chi connectivity index (χ0v) is 9.44. The van der Waals surface area contributed by atoms with Crippen molar-refractivity contribution in [2.75, 3.05) is 13.2 Å². The van der Waals surface area contributed by atoms with Gasteiger partial charge in [-0.3, -0.25) is 4.98 Å². The number of carbonyl (C=O) groups is 1. The standard InChI is InChI=1S/C12H17NO3/c1-2-3-8-16-9-6-11-10(12(14)15)5-4-7-13-11/h4-5,7H,2-3,6,8-9H2,1H3,(H,14,15)/p-1. The summed E-state index contributed by atoms with van der Waals surface area (Å²) >= 11 is 0. The SMILES string of the molecule is CCCCOCCc1ncccc1C(=O)[O-]. The zero-order valence-electron chi connectivity index (χ0n) is 9.44. The average molecular weight is 222 g/mol. The van der Waals surface area contributed by atoms with Gasteiger partial charge in [0.05, 0.1) is 18.3 Å². The van der Waals surface area contributed by atoms with Gasteiger partial charge in [-0.1, -0.05) is 13.3 Å². The molecule has 0 fully saturated rings. The van der Waals surface area contributed by atoms with Gasteiger partial charge in [0.15, 0.2) is 0 Å². The van der Waals surface area contributed by atoms with E-state index in [4.69, 9.17) is 4.74 Å². The third-order valence-corrected chi connectivity index (χ3v) is 2.24. The van der Waals surface area contributed by atoms with Gasteiger partial charge >= 0.3 is 0 Å². The largest absolute Gasteiger partial charge is 0.545 e. The lowest BCUT2D eigenvalue weighted by Crippen LogP contribution is -2.24. The van der Waals surface area contributed by atoms with Crippen LogP contribution in [0, 0.1) is 0 Å². The van der Waals surface area contributed by atoms with Crippen molar-refractivity contribution in [1.29, 1.82) is 0 Å². The first-order valence-corrected chi connectivity index (χ1v) is 5.48. The molecule has 0 bridgehead atoms. The second-order valence-corrected chi connectivity index (χ2v) is 3.50. The minimum Gasteiger partial charge on any atom is -0.545 e. The Bertz CT molecular complexity index is 339. The first-order valence-electron chi connectivity index (χ1n) is 5.48. The molecule has 1 aromatic rings. The first-order chi connectivity index (χ1) is 7.75. The second-order valence-electron chi connectivity index (χ2n) is 3.50. The Kier molecular flexibility index (Phi) is 5.50. The van der Waals surface area contributed by atoms with Gasteiger partial charge in [-0.25, -0.2) is 0 Å². The van der Waals surface area contributed by atoms with Crippen molar-refractivity contribution in [3.05, 3.63) is 29.6 Å². The molecule has 0 aliphatic rings. The molecule has 1 aromatic heterocycles. The number of rotatable bonds is 7. The van der Waals surface area contributed by atoms with Gasteiger partial charge in [-0.2, -0.15) is 0 Å². The maximum Gasteiger partial charge on any atom is 0.0733 e. The van der Waals surface area contributed by atoms with Gasteiger partial charge in [0.2, 0.25) is 0 Å². The smallest absolute Gasteiger partial charge is 0.0733 e. The summed E-state index contributed by atoms with van der Waals surface area (Å²) in [5.74, 6) is -1.18. The molecule has 16 heavy (non-hydrogen) atoms. The van der Waals surface area contributed by atoms with E-state index in [2.05, 4.69) is 11.9 Å². The third-order valence-electron chi connectivity index (χ3n) is 2.24. The highest BCUT2D eigenvalue weighted by Gasteiger charge is 2.03. The molecular formula is C12H16NO3-. The molecule has 0 amide bonds. The number of nitrogens with zero attached hydrogens (tertiary/aromatic N) is 1. The van der Waals surface area contributed by atoms with Crippen LogP contribution in [-0.2, 0) is 11.2 Å². The molecule has 0 atom stereocenters. The molecule has 1 heterocycles. The third kappa shape index (κ3) is 3.98. The first kappa shape index (κ1) is 12.6. The molecule has 0 N–H and O–H groups in total. The predicted octanol–water partition coefficient (Wildman–Crippen LogP) is 0.804. The summed E-state index contributed by atoms with van der Waals surface area (Å²) in [7, 11) is 0. The normalized spacial score (nSPS) is 10.3. The molecule has 0 radical (unpaired) electrons. The number of aromatic nitrogens is 1. The number of hydrogen-bond acceptors (Lipinski definition) is 4. The Morgan fingerprint density at radius 2 is 2.31 bits per heavy atom. The monoisotopic (exact) mass is 222 g/mol. The molecular weight excluding hydrogens is 206 g/mol. The number of unbranched alkanes of at least 4 members (excludes halogenated alkanes) is 1. The number of carbonyl (C=O) groups excluding carboxylic acids is 1. The number of carboxylic acids is 1. The molecule has 0 spiro atoms. The highest BCUT2D eigenvalue weighted by molar-refractivity contribution is 5.86. The van der Waals surface area contributed by atoms with Gasteiger partial charge in [-0.05, 0) is 18.6 Å². The van der Waals surface area contributed by atoms with Crippen LogP contribution in [0.25, 0.3) is 0 Å². The van der Waals surface area contributed by atoms with Crippen molar-refractivity contribution < 1.29 is 14.6 Å². The van der Waals surface area contributed by atoms with E-state index < -0.39 is 5.97 Å². The molecule has 4 heteroatoms. The molecule has 0 saturated carbocycles. The van der Waals surface area contributed by atoms with Crippen LogP contribution in [0.2, 0.25) is 0 Å². The van der Waals surface area contributed by atoms with Gasteiger partial charge in [0.1, 0.15) is 0 Å². The van der Waals surface area contributed by atoms with E-state index >= 15 is 0 Å². The van der Waals surface area contributed by atoms with E-state index in [9.17, 15) is 9.90 Å². The van der Waals surface area contributed by atoms with Gasteiger partial charge in [0, 0.05) is 24.8 Å². The van der Waals surface area contributed by atoms with Crippen LogP contribution in [0.15, 0.2) is 18.3 Å². The number of hydrogen-bond donors (Lipinski definition) is 0. The van der Waals surface area contributed by atoms with Gasteiger partial charge < -0.3 is 14.6 Å². The molecule has 0 aliphatic carbocycles. The molecule has 0 saturated heterocycles. The molecule has 0 aliphatic heterocycles. The van der Waals surface area contributed by atoms with Crippen molar-refractivity contribution in [3.8, 4) is 0 Å². The number of carboxylic acid groups (broad SMARTS) is 1. The van der Waals surface area contributed by atoms with Crippen molar-refractivity contribution in [2.24, 2.45) is 0 Å². The number of pyridine rings is 1. The van der Waals surface area contributed by atoms with E-state index in [1.54, 1.807) is 12.3 Å². The topological polar surface area (TPSA) is 62.2 Å². The highest BCUT2D eigenvalue weighted by atomic mass is 16.5. The zero-order chi connectivity index (χ0) is 11.8. The quantitative estimate of drug-likeness (QED) is 0.640. The minimum atomic E-state index is -1.18. The van der Waals surface area contributed by atoms with Crippen LogP contribution >= 0.6 is 0 Å². The summed E-state index contributed by atoms with van der Waals surface area (Å²) in [6.07, 6.45) is 4.20. The van der Waals surface area contributed by atoms with E-state index in [1.165, 1.54) is 6.07 Å². The maximum atomic E-state index is 10.8. The van der Waals surface area contributed by atoms with Crippen molar-refractivity contribution in [1.82, 2.24) is 4.98 Å². The fourth-order valence-corrected chi connectivity index (χ4v) is 1.34. The fraction of sp³-hybridized carbons (Fsp3) is 0.500. The van der Waals surface area contributed by atoms with Crippen LogP contribution in [0.1, 0.15) is 35.8 Å². The Morgan fingerprint density at radius 1 is 1.50 bits per heavy atom. The average Bonchev–Trinajstić information content (AvgIpc) is 2.29. The molecule has 4 nitrogen and oxygen atoms in total. The van der Waals surface area contributed by atoms with Crippen LogP contribution in [-0.4, -0.2) is 24.2 Å². The Morgan fingerprint density at radius 3 is 3.00 bits per heavy atom. The van der Waals surface area contributed by atoms with Crippen LogP contribution in [0.5, 0.6) is 0 Å². The van der Waals surface area contributed by atoms with Gasteiger partial charge in [-0.15, -0.1) is 0 Å². The predicted molar refractivity (Wildman–Crippen MR) is 58.0 cm³/mol. The molecule has 1 rings (SSSR count). The van der Waals surface area contributed by atoms with Crippen LogP contribution in [0.4, 0.5) is 0 Å². The Balaban J connectivity index is 2.44. The maximum absolute atomic E-state index is 10.8. The summed E-state index contributed by atoms with van der Waals surface area (Å²) in [4.78, 5) is 14.8. The molecule has 0 aromatic carbocycles. The Labute approximate surface area is 95.3 Å². The summed E-state index contributed by atoms with van der Waals surface area (Å²) in [5, 5.41) is 10.8.